The third kappa shape index (κ3) is 4.34. The minimum absolute atomic E-state index is 0.0222. The van der Waals surface area contributed by atoms with Gasteiger partial charge < -0.3 is 10.4 Å². The Kier molecular flexibility index (Phi) is 5.56. The van der Waals surface area contributed by atoms with E-state index in [-0.39, 0.29) is 6.42 Å². The molecule has 140 valence electrons. The smallest absolute Gasteiger partial charge is 0.307 e. The summed E-state index contributed by atoms with van der Waals surface area (Å²) in [6.07, 6.45) is 0.850. The lowest BCUT2D eigenvalue weighted by Gasteiger charge is -2.14. The number of carbonyl (C=O) groups is 1. The first-order valence-corrected chi connectivity index (χ1v) is 9.71. The first-order chi connectivity index (χ1) is 12.9. The largest absolute Gasteiger partial charge is 0.481 e. The van der Waals surface area contributed by atoms with E-state index in [0.29, 0.717) is 0 Å². The van der Waals surface area contributed by atoms with Crippen LogP contribution >= 0.6 is 11.3 Å². The fourth-order valence-electron chi connectivity index (χ4n) is 2.93. The van der Waals surface area contributed by atoms with Gasteiger partial charge >= 0.3 is 5.97 Å². The number of carboxylic acid groups (broad SMARTS) is 1. The van der Waals surface area contributed by atoms with Gasteiger partial charge in [-0.05, 0) is 56.5 Å². The summed E-state index contributed by atoms with van der Waals surface area (Å²) in [6, 6.07) is 9.54. The van der Waals surface area contributed by atoms with Crippen LogP contribution in [0, 0.1) is 20.8 Å². The molecule has 0 aliphatic heterocycles. The van der Waals surface area contributed by atoms with E-state index >= 15 is 0 Å². The van der Waals surface area contributed by atoms with Crippen molar-refractivity contribution in [2.75, 3.05) is 5.32 Å². The minimum atomic E-state index is -0.832. The lowest BCUT2D eigenvalue weighted by molar-refractivity contribution is -0.136. The number of rotatable bonds is 6. The van der Waals surface area contributed by atoms with Gasteiger partial charge in [0.2, 0.25) is 0 Å². The summed E-state index contributed by atoms with van der Waals surface area (Å²) in [5.41, 5.74) is 4.95. The van der Waals surface area contributed by atoms with Crippen LogP contribution in [0.15, 0.2) is 30.3 Å². The van der Waals surface area contributed by atoms with Gasteiger partial charge in [0.25, 0.3) is 0 Å². The average molecular weight is 382 g/mol. The SMILES string of the molecule is CCc1c(C)nc(-c2cc(C)c(C)s2)nc1Nc1ccc(CC(=O)O)cc1. The van der Waals surface area contributed by atoms with E-state index < -0.39 is 5.97 Å². The van der Waals surface area contributed by atoms with Crippen LogP contribution in [0.1, 0.15) is 34.2 Å². The van der Waals surface area contributed by atoms with Gasteiger partial charge in [-0.3, -0.25) is 4.79 Å². The monoisotopic (exact) mass is 381 g/mol. The highest BCUT2D eigenvalue weighted by Crippen LogP contribution is 2.31. The molecule has 0 amide bonds. The van der Waals surface area contributed by atoms with Crippen molar-refractivity contribution in [1.82, 2.24) is 9.97 Å². The Balaban J connectivity index is 1.94. The molecule has 0 saturated heterocycles. The molecule has 0 unspecified atom stereocenters. The standard InChI is InChI=1S/C21H23N3O2S/c1-5-17-13(3)22-21(18-10-12(2)14(4)27-18)24-20(17)23-16-8-6-15(7-9-16)11-19(25)26/h6-10H,5,11H2,1-4H3,(H,25,26)(H,22,23,24). The quantitative estimate of drug-likeness (QED) is 0.624. The molecule has 0 aliphatic carbocycles. The van der Waals surface area contributed by atoms with Gasteiger partial charge in [-0.15, -0.1) is 11.3 Å². The zero-order valence-electron chi connectivity index (χ0n) is 16.0. The lowest BCUT2D eigenvalue weighted by atomic mass is 10.1. The number of nitrogens with one attached hydrogen (secondary N) is 1. The van der Waals surface area contributed by atoms with Crippen LogP contribution in [-0.4, -0.2) is 21.0 Å². The van der Waals surface area contributed by atoms with Crippen molar-refractivity contribution in [3.8, 4) is 10.7 Å². The van der Waals surface area contributed by atoms with Crippen molar-refractivity contribution in [3.63, 3.8) is 0 Å². The number of anilines is 2. The maximum Gasteiger partial charge on any atom is 0.307 e. The van der Waals surface area contributed by atoms with Crippen LogP contribution in [0.5, 0.6) is 0 Å². The van der Waals surface area contributed by atoms with Gasteiger partial charge in [0.05, 0.1) is 11.3 Å². The van der Waals surface area contributed by atoms with E-state index in [9.17, 15) is 4.79 Å². The summed E-state index contributed by atoms with van der Waals surface area (Å²) < 4.78 is 0. The fourth-order valence-corrected chi connectivity index (χ4v) is 3.90. The highest BCUT2D eigenvalue weighted by Gasteiger charge is 2.14. The Hall–Kier alpha value is -2.73. The molecule has 0 aliphatic rings. The molecule has 6 heteroatoms. The molecule has 3 aromatic rings. The molecule has 2 N–H and O–H groups in total. The Morgan fingerprint density at radius 3 is 2.41 bits per heavy atom. The van der Waals surface area contributed by atoms with Gasteiger partial charge in [0, 0.05) is 21.8 Å². The average Bonchev–Trinajstić information content (AvgIpc) is 2.95. The van der Waals surface area contributed by atoms with Crippen molar-refractivity contribution in [2.45, 2.75) is 40.5 Å². The second kappa shape index (κ2) is 7.88. The molecule has 27 heavy (non-hydrogen) atoms. The topological polar surface area (TPSA) is 75.1 Å². The molecule has 5 nitrogen and oxygen atoms in total. The van der Waals surface area contributed by atoms with Crippen LogP contribution in [-0.2, 0) is 17.6 Å². The third-order valence-electron chi connectivity index (χ3n) is 4.53. The predicted octanol–water partition coefficient (Wildman–Crippen LogP) is 5.06. The van der Waals surface area contributed by atoms with Crippen molar-refractivity contribution < 1.29 is 9.90 Å². The third-order valence-corrected chi connectivity index (χ3v) is 5.67. The first-order valence-electron chi connectivity index (χ1n) is 8.90. The lowest BCUT2D eigenvalue weighted by Crippen LogP contribution is -2.05. The van der Waals surface area contributed by atoms with Crippen LogP contribution < -0.4 is 5.32 Å². The van der Waals surface area contributed by atoms with Gasteiger partial charge in [0.15, 0.2) is 5.82 Å². The predicted molar refractivity (Wildman–Crippen MR) is 110 cm³/mol. The number of aryl methyl sites for hydroxylation is 3. The molecule has 2 heterocycles. The summed E-state index contributed by atoms with van der Waals surface area (Å²) in [4.78, 5) is 22.7. The number of thiophene rings is 1. The van der Waals surface area contributed by atoms with E-state index in [0.717, 1.165) is 45.4 Å². The van der Waals surface area contributed by atoms with Crippen LogP contribution in [0.2, 0.25) is 0 Å². The Morgan fingerprint density at radius 2 is 1.85 bits per heavy atom. The maximum absolute atomic E-state index is 10.8. The van der Waals surface area contributed by atoms with E-state index in [1.54, 1.807) is 11.3 Å². The van der Waals surface area contributed by atoms with Gasteiger partial charge in [-0.2, -0.15) is 0 Å². The highest BCUT2D eigenvalue weighted by molar-refractivity contribution is 7.15. The number of aromatic nitrogens is 2. The first kappa shape index (κ1) is 19.0. The second-order valence-electron chi connectivity index (χ2n) is 6.56. The molecule has 0 saturated carbocycles. The molecular weight excluding hydrogens is 358 g/mol. The summed E-state index contributed by atoms with van der Waals surface area (Å²) in [6.45, 7) is 8.31. The summed E-state index contributed by atoms with van der Waals surface area (Å²) >= 11 is 1.70. The zero-order chi connectivity index (χ0) is 19.6. The number of hydrogen-bond acceptors (Lipinski definition) is 5. The summed E-state index contributed by atoms with van der Waals surface area (Å²) in [5, 5.41) is 12.3. The Labute approximate surface area is 163 Å². The van der Waals surface area contributed by atoms with Gasteiger partial charge in [0.1, 0.15) is 5.82 Å². The van der Waals surface area contributed by atoms with Gasteiger partial charge in [-0.25, -0.2) is 9.97 Å². The molecule has 0 fully saturated rings. The summed E-state index contributed by atoms with van der Waals surface area (Å²) in [7, 11) is 0. The highest BCUT2D eigenvalue weighted by atomic mass is 32.1. The normalized spacial score (nSPS) is 10.8. The molecule has 0 spiro atoms. The second-order valence-corrected chi connectivity index (χ2v) is 7.81. The number of aliphatic carboxylic acids is 1. The van der Waals surface area contributed by atoms with Crippen LogP contribution in [0.25, 0.3) is 10.7 Å². The Bertz CT molecular complexity index is 958. The van der Waals surface area contributed by atoms with Crippen LogP contribution in [0.3, 0.4) is 0 Å². The molecule has 0 bridgehead atoms. The summed E-state index contributed by atoms with van der Waals surface area (Å²) in [5.74, 6) is 0.701. The molecular formula is C21H23N3O2S. The molecule has 0 atom stereocenters. The van der Waals surface area contributed by atoms with Crippen molar-refractivity contribution in [1.29, 1.82) is 0 Å². The van der Waals surface area contributed by atoms with E-state index in [2.05, 4.69) is 32.2 Å². The maximum atomic E-state index is 10.8. The van der Waals surface area contributed by atoms with Crippen molar-refractivity contribution in [3.05, 3.63) is 57.6 Å². The zero-order valence-corrected chi connectivity index (χ0v) is 16.8. The minimum Gasteiger partial charge on any atom is -0.481 e. The van der Waals surface area contributed by atoms with Crippen LogP contribution in [0.4, 0.5) is 11.5 Å². The number of carboxylic acids is 1. The molecule has 3 rings (SSSR count). The number of hydrogen-bond donors (Lipinski definition) is 2. The van der Waals surface area contributed by atoms with Crippen molar-refractivity contribution in [2.24, 2.45) is 0 Å². The Morgan fingerprint density at radius 1 is 1.15 bits per heavy atom. The van der Waals surface area contributed by atoms with E-state index in [1.807, 2.05) is 31.2 Å². The van der Waals surface area contributed by atoms with Gasteiger partial charge in [-0.1, -0.05) is 19.1 Å². The molecule has 0 radical (unpaired) electrons. The van der Waals surface area contributed by atoms with E-state index in [4.69, 9.17) is 15.1 Å². The number of nitrogens with zero attached hydrogens (tertiary/aromatic N) is 2. The van der Waals surface area contributed by atoms with E-state index in [1.165, 1.54) is 10.4 Å². The molecule has 1 aromatic carbocycles. The number of benzene rings is 1. The van der Waals surface area contributed by atoms with Crippen molar-refractivity contribution >= 4 is 28.8 Å². The molecule has 2 aromatic heterocycles. The fraction of sp³-hybridized carbons (Fsp3) is 0.286.